The monoisotopic (exact) mass is 307 g/mol. The summed E-state index contributed by atoms with van der Waals surface area (Å²) in [6.45, 7) is -0.328. The molecule has 0 bridgehead atoms. The van der Waals surface area contributed by atoms with Gasteiger partial charge in [0.1, 0.15) is 17.3 Å². The Balaban J connectivity index is 1.83. The Labute approximate surface area is 125 Å². The number of methoxy groups -OCH3 is 1. The van der Waals surface area contributed by atoms with Crippen molar-refractivity contribution in [2.45, 2.75) is 6.54 Å². The van der Waals surface area contributed by atoms with E-state index in [-0.39, 0.29) is 17.9 Å². The molecular formula is C15H14FNO5. The number of ether oxygens (including phenoxy) is 2. The van der Waals surface area contributed by atoms with E-state index in [1.165, 1.54) is 25.5 Å². The Morgan fingerprint density at radius 1 is 1.32 bits per heavy atom. The molecule has 0 saturated carbocycles. The van der Waals surface area contributed by atoms with E-state index in [2.05, 4.69) is 5.32 Å². The van der Waals surface area contributed by atoms with Crippen LogP contribution in [0.3, 0.4) is 0 Å². The van der Waals surface area contributed by atoms with E-state index in [1.807, 2.05) is 0 Å². The Hall–Kier alpha value is -2.83. The Morgan fingerprint density at radius 2 is 2.14 bits per heavy atom. The summed E-state index contributed by atoms with van der Waals surface area (Å²) < 4.78 is 28.3. The van der Waals surface area contributed by atoms with Gasteiger partial charge in [0.05, 0.1) is 25.5 Å². The van der Waals surface area contributed by atoms with E-state index < -0.39 is 24.3 Å². The van der Waals surface area contributed by atoms with Crippen molar-refractivity contribution in [3.05, 3.63) is 53.7 Å². The van der Waals surface area contributed by atoms with Gasteiger partial charge in [-0.15, -0.1) is 0 Å². The number of rotatable bonds is 6. The van der Waals surface area contributed by atoms with Gasteiger partial charge in [-0.25, -0.2) is 9.18 Å². The fourth-order valence-corrected chi connectivity index (χ4v) is 1.65. The van der Waals surface area contributed by atoms with Crippen molar-refractivity contribution >= 4 is 11.9 Å². The Bertz CT molecular complexity index is 654. The molecule has 0 aliphatic carbocycles. The molecule has 0 unspecified atom stereocenters. The van der Waals surface area contributed by atoms with Crippen LogP contribution in [0.1, 0.15) is 16.1 Å². The quantitative estimate of drug-likeness (QED) is 0.825. The lowest BCUT2D eigenvalue weighted by Gasteiger charge is -2.07. The number of nitrogens with one attached hydrogen (secondary N) is 1. The van der Waals surface area contributed by atoms with E-state index >= 15 is 0 Å². The maximum absolute atomic E-state index is 13.7. The zero-order valence-corrected chi connectivity index (χ0v) is 11.8. The SMILES string of the molecule is COc1ccc(C(=O)OCC(=O)NCc2ccco2)c(F)c1. The number of carbonyl (C=O) groups excluding carboxylic acids is 2. The normalized spacial score (nSPS) is 10.1. The van der Waals surface area contributed by atoms with Crippen molar-refractivity contribution in [2.75, 3.05) is 13.7 Å². The summed E-state index contributed by atoms with van der Waals surface area (Å²) in [6.07, 6.45) is 1.48. The van der Waals surface area contributed by atoms with Gasteiger partial charge in [0, 0.05) is 6.07 Å². The minimum absolute atomic E-state index is 0.181. The highest BCUT2D eigenvalue weighted by molar-refractivity contribution is 5.91. The predicted molar refractivity (Wildman–Crippen MR) is 73.8 cm³/mol. The lowest BCUT2D eigenvalue weighted by molar-refractivity contribution is -0.124. The van der Waals surface area contributed by atoms with Crippen LogP contribution in [0.4, 0.5) is 4.39 Å². The number of hydrogen-bond donors (Lipinski definition) is 1. The van der Waals surface area contributed by atoms with Crippen LogP contribution in [0.2, 0.25) is 0 Å². The standard InChI is InChI=1S/C15H14FNO5/c1-20-10-4-5-12(13(16)7-10)15(19)22-9-14(18)17-8-11-3-2-6-21-11/h2-7H,8-9H2,1H3,(H,17,18). The molecule has 1 heterocycles. The molecule has 22 heavy (non-hydrogen) atoms. The van der Waals surface area contributed by atoms with Crippen LogP contribution < -0.4 is 10.1 Å². The topological polar surface area (TPSA) is 77.8 Å². The predicted octanol–water partition coefficient (Wildman–Crippen LogP) is 1.90. The molecule has 1 N–H and O–H groups in total. The average Bonchev–Trinajstić information content (AvgIpc) is 3.03. The number of amides is 1. The van der Waals surface area contributed by atoms with Crippen LogP contribution in [-0.4, -0.2) is 25.6 Å². The number of carbonyl (C=O) groups is 2. The maximum atomic E-state index is 13.7. The summed E-state index contributed by atoms with van der Waals surface area (Å²) in [7, 11) is 1.39. The first-order chi connectivity index (χ1) is 10.6. The zero-order chi connectivity index (χ0) is 15.9. The van der Waals surface area contributed by atoms with Gasteiger partial charge in [-0.3, -0.25) is 4.79 Å². The zero-order valence-electron chi connectivity index (χ0n) is 11.8. The smallest absolute Gasteiger partial charge is 0.341 e. The number of benzene rings is 1. The van der Waals surface area contributed by atoms with Crippen LogP contribution in [0.5, 0.6) is 5.75 Å². The molecule has 0 saturated heterocycles. The maximum Gasteiger partial charge on any atom is 0.341 e. The highest BCUT2D eigenvalue weighted by Crippen LogP contribution is 2.16. The molecule has 0 spiro atoms. The van der Waals surface area contributed by atoms with Gasteiger partial charge in [0.2, 0.25) is 0 Å². The van der Waals surface area contributed by atoms with Crippen molar-refractivity contribution in [1.29, 1.82) is 0 Å². The lowest BCUT2D eigenvalue weighted by atomic mass is 10.2. The molecule has 0 atom stereocenters. The number of esters is 1. The summed E-state index contributed by atoms with van der Waals surface area (Å²) in [6, 6.07) is 7.11. The molecule has 6 nitrogen and oxygen atoms in total. The summed E-state index contributed by atoms with van der Waals surface area (Å²) in [5.41, 5.74) is -0.264. The van der Waals surface area contributed by atoms with Crippen LogP contribution in [-0.2, 0) is 16.1 Å². The van der Waals surface area contributed by atoms with Gasteiger partial charge in [-0.05, 0) is 24.3 Å². The van der Waals surface area contributed by atoms with Crippen LogP contribution in [0.15, 0.2) is 41.0 Å². The van der Waals surface area contributed by atoms with Crippen molar-refractivity contribution in [3.8, 4) is 5.75 Å². The van der Waals surface area contributed by atoms with Crippen LogP contribution in [0, 0.1) is 5.82 Å². The van der Waals surface area contributed by atoms with E-state index in [1.54, 1.807) is 12.1 Å². The summed E-state index contributed by atoms with van der Waals surface area (Å²) >= 11 is 0. The molecule has 1 aromatic carbocycles. The summed E-state index contributed by atoms with van der Waals surface area (Å²) in [5.74, 6) is -1.36. The molecule has 1 amide bonds. The van der Waals surface area contributed by atoms with Crippen LogP contribution >= 0.6 is 0 Å². The molecule has 2 aromatic rings. The third kappa shape index (κ3) is 4.08. The highest BCUT2D eigenvalue weighted by atomic mass is 19.1. The summed E-state index contributed by atoms with van der Waals surface area (Å²) in [5, 5.41) is 2.50. The van der Waals surface area contributed by atoms with E-state index in [4.69, 9.17) is 13.9 Å². The van der Waals surface area contributed by atoms with Gasteiger partial charge < -0.3 is 19.2 Å². The lowest BCUT2D eigenvalue weighted by Crippen LogP contribution is -2.28. The molecule has 7 heteroatoms. The van der Waals surface area contributed by atoms with Crippen molar-refractivity contribution in [1.82, 2.24) is 5.32 Å². The largest absolute Gasteiger partial charge is 0.497 e. The van der Waals surface area contributed by atoms with Crippen molar-refractivity contribution < 1.29 is 27.9 Å². The molecule has 0 aliphatic heterocycles. The minimum atomic E-state index is -0.923. The van der Waals surface area contributed by atoms with Gasteiger partial charge in [0.25, 0.3) is 5.91 Å². The number of furan rings is 1. The fourth-order valence-electron chi connectivity index (χ4n) is 1.65. The van der Waals surface area contributed by atoms with Gasteiger partial charge in [-0.2, -0.15) is 0 Å². The molecule has 0 fully saturated rings. The van der Waals surface area contributed by atoms with E-state index in [0.717, 1.165) is 6.07 Å². The van der Waals surface area contributed by atoms with Gasteiger partial charge in [0.15, 0.2) is 6.61 Å². The average molecular weight is 307 g/mol. The Kier molecular flexibility index (Phi) is 5.13. The second-order valence-corrected chi connectivity index (χ2v) is 4.28. The number of hydrogen-bond acceptors (Lipinski definition) is 5. The minimum Gasteiger partial charge on any atom is -0.497 e. The third-order valence-corrected chi connectivity index (χ3v) is 2.77. The molecule has 0 aliphatic rings. The second kappa shape index (κ2) is 7.26. The van der Waals surface area contributed by atoms with E-state index in [9.17, 15) is 14.0 Å². The van der Waals surface area contributed by atoms with Crippen molar-refractivity contribution in [3.63, 3.8) is 0 Å². The molecular weight excluding hydrogens is 293 g/mol. The first-order valence-corrected chi connectivity index (χ1v) is 6.40. The highest BCUT2D eigenvalue weighted by Gasteiger charge is 2.15. The van der Waals surface area contributed by atoms with Crippen molar-refractivity contribution in [2.24, 2.45) is 0 Å². The number of halogens is 1. The molecule has 0 radical (unpaired) electrons. The first kappa shape index (κ1) is 15.6. The third-order valence-electron chi connectivity index (χ3n) is 2.77. The second-order valence-electron chi connectivity index (χ2n) is 4.28. The van der Waals surface area contributed by atoms with Crippen LogP contribution in [0.25, 0.3) is 0 Å². The Morgan fingerprint density at radius 3 is 2.77 bits per heavy atom. The summed E-state index contributed by atoms with van der Waals surface area (Å²) in [4.78, 5) is 23.2. The molecule has 116 valence electrons. The fraction of sp³-hybridized carbons (Fsp3) is 0.200. The van der Waals surface area contributed by atoms with E-state index in [0.29, 0.717) is 5.76 Å². The first-order valence-electron chi connectivity index (χ1n) is 6.40. The molecule has 2 rings (SSSR count). The molecule has 1 aromatic heterocycles. The van der Waals surface area contributed by atoms with Gasteiger partial charge in [-0.1, -0.05) is 0 Å². The van der Waals surface area contributed by atoms with Gasteiger partial charge >= 0.3 is 5.97 Å².